The van der Waals surface area contributed by atoms with Gasteiger partial charge in [-0.3, -0.25) is 19.8 Å². The van der Waals surface area contributed by atoms with Gasteiger partial charge in [0.25, 0.3) is 11.8 Å². The Morgan fingerprint density at radius 3 is 2.07 bits per heavy atom. The predicted octanol–water partition coefficient (Wildman–Crippen LogP) is 4.32. The third-order valence-corrected chi connectivity index (χ3v) is 6.96. The van der Waals surface area contributed by atoms with Gasteiger partial charge in [-0.05, 0) is 69.1 Å². The maximum absolute atomic E-state index is 10.9. The Bertz CT molecular complexity index is 895. The molecule has 1 saturated heterocycles. The van der Waals surface area contributed by atoms with Crippen LogP contribution in [0, 0.1) is 0 Å². The van der Waals surface area contributed by atoms with Crippen molar-refractivity contribution in [2.75, 3.05) is 44.7 Å². The van der Waals surface area contributed by atoms with Crippen molar-refractivity contribution >= 4 is 49.4 Å². The van der Waals surface area contributed by atoms with Crippen LogP contribution in [0.1, 0.15) is 34.1 Å². The number of carbonyl (C=O) groups excluding carboxylic acids is 2. The van der Waals surface area contributed by atoms with Gasteiger partial charge in [0.15, 0.2) is 0 Å². The van der Waals surface area contributed by atoms with Crippen molar-refractivity contribution < 1.29 is 14.3 Å². The van der Waals surface area contributed by atoms with E-state index in [2.05, 4.69) is 60.0 Å². The molecule has 2 heterocycles. The number of halogens is 2. The smallest absolute Gasteiger partial charge is 0.258 e. The van der Waals surface area contributed by atoms with Crippen molar-refractivity contribution in [1.29, 1.82) is 0 Å². The molecule has 1 fully saturated rings. The summed E-state index contributed by atoms with van der Waals surface area (Å²) in [5, 5.41) is 2.20. The van der Waals surface area contributed by atoms with E-state index in [9.17, 15) is 9.59 Å². The summed E-state index contributed by atoms with van der Waals surface area (Å²) < 4.78 is 7.60. The van der Waals surface area contributed by atoms with Gasteiger partial charge in [0.2, 0.25) is 0 Å². The lowest BCUT2D eigenvalue weighted by Gasteiger charge is -2.36. The van der Waals surface area contributed by atoms with Gasteiger partial charge in [-0.15, -0.1) is 0 Å². The Kier molecular flexibility index (Phi) is 7.91. The zero-order valence-corrected chi connectivity index (χ0v) is 20.3. The Labute approximate surface area is 193 Å². The number of hydrogen-bond acceptors (Lipinski definition) is 5. The topological polar surface area (TPSA) is 61.9 Å². The highest BCUT2D eigenvalue weighted by molar-refractivity contribution is 9.13. The Morgan fingerprint density at radius 1 is 0.967 bits per heavy atom. The zero-order chi connectivity index (χ0) is 21.7. The molecule has 6 nitrogen and oxygen atoms in total. The maximum Gasteiger partial charge on any atom is 0.258 e. The first-order valence-corrected chi connectivity index (χ1v) is 11.5. The molecule has 0 atom stereocenters. The molecule has 0 saturated carbocycles. The largest absolute Gasteiger partial charge is 0.495 e. The highest BCUT2D eigenvalue weighted by Gasteiger charge is 2.25. The number of imide groups is 1. The van der Waals surface area contributed by atoms with Crippen LogP contribution >= 0.6 is 31.9 Å². The molecule has 2 aromatic carbocycles. The minimum Gasteiger partial charge on any atom is -0.495 e. The molecule has 2 aliphatic rings. The first-order valence-electron chi connectivity index (χ1n) is 9.89. The second-order valence-electron chi connectivity index (χ2n) is 7.10. The fourth-order valence-corrected chi connectivity index (χ4v) is 4.23. The number of rotatable bonds is 4. The first kappa shape index (κ1) is 22.8. The van der Waals surface area contributed by atoms with Crippen LogP contribution < -0.4 is 15.0 Å². The summed E-state index contributed by atoms with van der Waals surface area (Å²) in [6, 6.07) is 10.9. The number of fused-ring (bicyclic) bond motifs is 1. The van der Waals surface area contributed by atoms with Crippen LogP contribution in [0.4, 0.5) is 5.69 Å². The molecule has 4 rings (SSSR count). The van der Waals surface area contributed by atoms with E-state index in [1.54, 1.807) is 31.4 Å². The van der Waals surface area contributed by atoms with Crippen LogP contribution in [-0.4, -0.2) is 56.5 Å². The van der Waals surface area contributed by atoms with Crippen molar-refractivity contribution in [2.24, 2.45) is 0 Å². The van der Waals surface area contributed by atoms with Crippen molar-refractivity contribution in [3.8, 4) is 5.75 Å². The molecule has 0 aromatic heterocycles. The van der Waals surface area contributed by atoms with Crippen molar-refractivity contribution in [3.05, 3.63) is 56.5 Å². The number of amides is 2. The number of hydrogen-bond donors (Lipinski definition) is 1. The third-order valence-electron chi connectivity index (χ3n) is 5.12. The van der Waals surface area contributed by atoms with Crippen LogP contribution in [0.15, 0.2) is 45.3 Å². The molecule has 160 valence electrons. The summed E-state index contributed by atoms with van der Waals surface area (Å²) >= 11 is 7.09. The third kappa shape index (κ3) is 5.22. The number of methoxy groups -OCH3 is 1. The van der Waals surface area contributed by atoms with Crippen LogP contribution in [0.25, 0.3) is 0 Å². The lowest BCUT2D eigenvalue weighted by molar-refractivity contribution is 0.0879. The van der Waals surface area contributed by atoms with Crippen LogP contribution in [0.3, 0.4) is 0 Å². The molecule has 0 spiro atoms. The van der Waals surface area contributed by atoms with E-state index in [0.717, 1.165) is 40.9 Å². The van der Waals surface area contributed by atoms with Gasteiger partial charge in [-0.1, -0.05) is 19.1 Å². The van der Waals surface area contributed by atoms with E-state index in [4.69, 9.17) is 4.74 Å². The minimum absolute atomic E-state index is 0.300. The molecule has 2 aromatic rings. The molecule has 2 amide bonds. The van der Waals surface area contributed by atoms with Gasteiger partial charge in [0, 0.05) is 35.1 Å². The van der Waals surface area contributed by atoms with E-state index >= 15 is 0 Å². The number of piperazine rings is 1. The Morgan fingerprint density at radius 2 is 1.53 bits per heavy atom. The number of nitrogens with zero attached hydrogens (tertiary/aromatic N) is 2. The van der Waals surface area contributed by atoms with Crippen molar-refractivity contribution in [2.45, 2.75) is 13.3 Å². The molecule has 8 heteroatoms. The summed E-state index contributed by atoms with van der Waals surface area (Å²) in [5.41, 5.74) is 2.11. The standard InChI is InChI=1S/C14H20Br2N2O.C8H5NO2/c1-3-4-17-5-7-18(8-6-17)13-9-11(15)12(16)10-14(13)19-2;10-7-5-3-1-2-4-6(5)8(11)9-7/h9-10H,3-8H2,1-2H3;1-4H,(H,9,10,11). The second kappa shape index (κ2) is 10.4. The molecule has 0 radical (unpaired) electrons. The average molecular weight is 539 g/mol. The monoisotopic (exact) mass is 537 g/mol. The van der Waals surface area contributed by atoms with E-state index in [1.165, 1.54) is 18.7 Å². The minimum atomic E-state index is -0.300. The molecule has 30 heavy (non-hydrogen) atoms. The molecule has 1 N–H and O–H groups in total. The second-order valence-corrected chi connectivity index (χ2v) is 8.80. The lowest BCUT2D eigenvalue weighted by atomic mass is 10.1. The number of carbonyl (C=O) groups is 2. The number of benzene rings is 2. The Balaban J connectivity index is 0.000000196. The van der Waals surface area contributed by atoms with E-state index in [0.29, 0.717) is 11.1 Å². The normalized spacial score (nSPS) is 15.9. The molecule has 0 bridgehead atoms. The zero-order valence-electron chi connectivity index (χ0n) is 17.1. The van der Waals surface area contributed by atoms with Gasteiger partial charge in [0.05, 0.1) is 23.9 Å². The molecule has 2 aliphatic heterocycles. The van der Waals surface area contributed by atoms with Crippen LogP contribution in [0.5, 0.6) is 5.75 Å². The fraction of sp³-hybridized carbons (Fsp3) is 0.364. The highest BCUT2D eigenvalue weighted by Crippen LogP contribution is 2.37. The number of ether oxygens (including phenoxy) is 1. The highest BCUT2D eigenvalue weighted by atomic mass is 79.9. The molecule has 0 unspecified atom stereocenters. The maximum atomic E-state index is 10.9. The summed E-state index contributed by atoms with van der Waals surface area (Å²) in [6.07, 6.45) is 1.23. The van der Waals surface area contributed by atoms with Gasteiger partial charge in [-0.25, -0.2) is 0 Å². The molecule has 0 aliphatic carbocycles. The average Bonchev–Trinajstić information content (AvgIpc) is 3.05. The Hall–Kier alpha value is -1.90. The predicted molar refractivity (Wildman–Crippen MR) is 126 cm³/mol. The molecular formula is C22H25Br2N3O3. The lowest BCUT2D eigenvalue weighted by Crippen LogP contribution is -2.46. The van der Waals surface area contributed by atoms with Gasteiger partial charge >= 0.3 is 0 Å². The summed E-state index contributed by atoms with van der Waals surface area (Å²) in [7, 11) is 1.73. The van der Waals surface area contributed by atoms with Crippen LogP contribution in [-0.2, 0) is 0 Å². The summed E-state index contributed by atoms with van der Waals surface area (Å²) in [6.45, 7) is 7.82. The SMILES string of the molecule is CCCN1CCN(c2cc(Br)c(Br)cc2OC)CC1.O=C1NC(=O)c2ccccc21. The van der Waals surface area contributed by atoms with Crippen molar-refractivity contribution in [1.82, 2.24) is 10.2 Å². The number of anilines is 1. The number of nitrogens with one attached hydrogen (secondary N) is 1. The van der Waals surface area contributed by atoms with Crippen molar-refractivity contribution in [3.63, 3.8) is 0 Å². The summed E-state index contributed by atoms with van der Waals surface area (Å²) in [5.74, 6) is 0.329. The summed E-state index contributed by atoms with van der Waals surface area (Å²) in [4.78, 5) is 26.8. The first-order chi connectivity index (χ1) is 14.4. The van der Waals surface area contributed by atoms with Gasteiger partial charge in [0.1, 0.15) is 5.75 Å². The van der Waals surface area contributed by atoms with E-state index < -0.39 is 0 Å². The van der Waals surface area contributed by atoms with Crippen LogP contribution in [0.2, 0.25) is 0 Å². The fourth-order valence-electron chi connectivity index (χ4n) is 3.57. The van der Waals surface area contributed by atoms with Gasteiger partial charge < -0.3 is 9.64 Å². The molecular weight excluding hydrogens is 514 g/mol. The quantitative estimate of drug-likeness (QED) is 0.587. The van der Waals surface area contributed by atoms with Gasteiger partial charge in [-0.2, -0.15) is 0 Å². The van der Waals surface area contributed by atoms with E-state index in [-0.39, 0.29) is 11.8 Å². The van der Waals surface area contributed by atoms with E-state index in [1.807, 2.05) is 6.07 Å².